The van der Waals surface area contributed by atoms with Crippen LogP contribution >= 0.6 is 0 Å². The van der Waals surface area contributed by atoms with Crippen LogP contribution in [-0.2, 0) is 0 Å². The molecule has 0 aliphatic carbocycles. The Hall–Kier alpha value is -0.510. The number of hydrogen-bond donors (Lipinski definition) is 0. The van der Waals surface area contributed by atoms with Crippen LogP contribution in [0.5, 0.6) is 0 Å². The Morgan fingerprint density at radius 1 is 2.00 bits per heavy atom. The third kappa shape index (κ3) is 3.49. The van der Waals surface area contributed by atoms with Crippen LogP contribution < -0.4 is 0 Å². The van der Waals surface area contributed by atoms with Gasteiger partial charge in [-0.3, -0.25) is 0 Å². The van der Waals surface area contributed by atoms with Gasteiger partial charge >= 0.3 is 0 Å². The third-order valence-corrected chi connectivity index (χ3v) is 0.440. The molecule has 6 heavy (non-hydrogen) atoms. The summed E-state index contributed by atoms with van der Waals surface area (Å²) in [7, 11) is 0. The Morgan fingerprint density at radius 3 is 2.50 bits per heavy atom. The minimum Gasteiger partial charge on any atom is -0.198 e. The standard InChI is InChI=1S/C5H8N/c1-5(2)3-4-6/h5H,1,3H2,2H3/t5-/m0/s1. The fourth-order valence-electron chi connectivity index (χ4n) is 0.156. The van der Waals surface area contributed by atoms with Gasteiger partial charge in [0.15, 0.2) is 0 Å². The van der Waals surface area contributed by atoms with Gasteiger partial charge in [-0.25, -0.2) is 0 Å². The maximum atomic E-state index is 7.95. The summed E-state index contributed by atoms with van der Waals surface area (Å²) in [5.41, 5.74) is 0. The average Bonchev–Trinajstić information content (AvgIpc) is 1.35. The fraction of sp³-hybridized carbons (Fsp3) is 0.600. The molecule has 0 saturated carbocycles. The lowest BCUT2D eigenvalue weighted by Crippen LogP contribution is -1.80. The van der Waals surface area contributed by atoms with Gasteiger partial charge < -0.3 is 0 Å². The van der Waals surface area contributed by atoms with Crippen molar-refractivity contribution in [1.82, 2.24) is 0 Å². The molecule has 1 radical (unpaired) electrons. The fourth-order valence-corrected chi connectivity index (χ4v) is 0.156. The van der Waals surface area contributed by atoms with Crippen molar-refractivity contribution in [3.05, 3.63) is 6.92 Å². The predicted molar refractivity (Wildman–Crippen MR) is 24.8 cm³/mol. The molecule has 0 rings (SSSR count). The summed E-state index contributed by atoms with van der Waals surface area (Å²) < 4.78 is 0. The summed E-state index contributed by atoms with van der Waals surface area (Å²) in [6.45, 7) is 5.53. The zero-order chi connectivity index (χ0) is 4.99. The molecule has 0 fully saturated rings. The number of hydrogen-bond acceptors (Lipinski definition) is 1. The van der Waals surface area contributed by atoms with Crippen molar-refractivity contribution in [2.75, 3.05) is 0 Å². The van der Waals surface area contributed by atoms with Crippen molar-refractivity contribution in [1.29, 1.82) is 5.26 Å². The van der Waals surface area contributed by atoms with Crippen LogP contribution in [0, 0.1) is 24.2 Å². The molecular weight excluding hydrogens is 74.1 g/mol. The molecule has 0 aromatic heterocycles. The zero-order valence-corrected chi connectivity index (χ0v) is 3.94. The Kier molecular flexibility index (Phi) is 2.48. The molecule has 0 bridgehead atoms. The van der Waals surface area contributed by atoms with Gasteiger partial charge in [0.05, 0.1) is 6.07 Å². The van der Waals surface area contributed by atoms with Crippen LogP contribution in [0.25, 0.3) is 0 Å². The molecule has 0 saturated heterocycles. The summed E-state index contributed by atoms with van der Waals surface area (Å²) in [6.07, 6.45) is 0.569. The van der Waals surface area contributed by atoms with E-state index in [9.17, 15) is 0 Å². The minimum atomic E-state index is 0.287. The second kappa shape index (κ2) is 2.71. The van der Waals surface area contributed by atoms with Gasteiger partial charge in [-0.15, -0.1) is 0 Å². The first-order valence-corrected chi connectivity index (χ1v) is 1.97. The molecule has 0 aromatic carbocycles. The van der Waals surface area contributed by atoms with Gasteiger partial charge in [-0.05, 0) is 12.8 Å². The molecule has 0 N–H and O–H groups in total. The topological polar surface area (TPSA) is 23.8 Å². The second-order valence-corrected chi connectivity index (χ2v) is 1.47. The largest absolute Gasteiger partial charge is 0.198 e. The highest BCUT2D eigenvalue weighted by molar-refractivity contribution is 4.73. The highest BCUT2D eigenvalue weighted by Crippen LogP contribution is 1.93. The maximum absolute atomic E-state index is 7.95. The van der Waals surface area contributed by atoms with E-state index in [4.69, 9.17) is 5.26 Å². The normalized spacial score (nSPS) is 8.33. The van der Waals surface area contributed by atoms with E-state index in [1.165, 1.54) is 0 Å². The van der Waals surface area contributed by atoms with Gasteiger partial charge in [0.2, 0.25) is 0 Å². The van der Waals surface area contributed by atoms with Crippen LogP contribution in [0.2, 0.25) is 0 Å². The van der Waals surface area contributed by atoms with Gasteiger partial charge in [-0.2, -0.15) is 5.26 Å². The summed E-state index contributed by atoms with van der Waals surface area (Å²) in [5.74, 6) is 0.287. The predicted octanol–water partition coefficient (Wildman–Crippen LogP) is 1.37. The summed E-state index contributed by atoms with van der Waals surface area (Å²) in [4.78, 5) is 0. The van der Waals surface area contributed by atoms with E-state index in [0.29, 0.717) is 6.42 Å². The highest BCUT2D eigenvalue weighted by atomic mass is 14.2. The van der Waals surface area contributed by atoms with Crippen molar-refractivity contribution < 1.29 is 0 Å². The summed E-state index contributed by atoms with van der Waals surface area (Å²) in [5, 5.41) is 7.95. The Balaban J connectivity index is 2.88. The monoisotopic (exact) mass is 82.1 g/mol. The SMILES string of the molecule is [CH2][C@@H](C)CC#N. The van der Waals surface area contributed by atoms with Crippen LogP contribution in [-0.4, -0.2) is 0 Å². The van der Waals surface area contributed by atoms with Gasteiger partial charge in [0.1, 0.15) is 0 Å². The summed E-state index contributed by atoms with van der Waals surface area (Å²) >= 11 is 0. The minimum absolute atomic E-state index is 0.287. The number of rotatable bonds is 1. The van der Waals surface area contributed by atoms with E-state index < -0.39 is 0 Å². The maximum Gasteiger partial charge on any atom is 0.0624 e. The molecule has 0 heterocycles. The Bertz CT molecular complexity index is 58.8. The third-order valence-electron chi connectivity index (χ3n) is 0.440. The summed E-state index contributed by atoms with van der Waals surface area (Å²) in [6, 6.07) is 2.00. The van der Waals surface area contributed by atoms with Crippen LogP contribution in [0.3, 0.4) is 0 Å². The van der Waals surface area contributed by atoms with Gasteiger partial charge in [-0.1, -0.05) is 6.92 Å². The molecule has 0 amide bonds. The van der Waals surface area contributed by atoms with Crippen molar-refractivity contribution in [3.8, 4) is 6.07 Å². The van der Waals surface area contributed by atoms with E-state index in [0.717, 1.165) is 0 Å². The molecule has 1 nitrogen and oxygen atoms in total. The van der Waals surface area contributed by atoms with E-state index in [1.807, 2.05) is 13.0 Å². The van der Waals surface area contributed by atoms with Gasteiger partial charge in [0, 0.05) is 6.42 Å². The number of nitrogens with zero attached hydrogens (tertiary/aromatic N) is 1. The average molecular weight is 82.1 g/mol. The first-order valence-electron chi connectivity index (χ1n) is 1.97. The van der Waals surface area contributed by atoms with Crippen LogP contribution in [0.1, 0.15) is 13.3 Å². The quantitative estimate of drug-likeness (QED) is 0.468. The lowest BCUT2D eigenvalue weighted by Gasteiger charge is -1.88. The molecular formula is C5H8N. The molecule has 0 aromatic rings. The molecule has 1 atom stereocenters. The zero-order valence-electron chi connectivity index (χ0n) is 3.94. The van der Waals surface area contributed by atoms with Crippen molar-refractivity contribution in [2.24, 2.45) is 5.92 Å². The van der Waals surface area contributed by atoms with E-state index in [1.54, 1.807) is 0 Å². The van der Waals surface area contributed by atoms with Crippen LogP contribution in [0.15, 0.2) is 0 Å². The molecule has 1 heteroatoms. The lowest BCUT2D eigenvalue weighted by molar-refractivity contribution is 0.748. The Morgan fingerprint density at radius 2 is 2.50 bits per heavy atom. The molecule has 0 unspecified atom stereocenters. The highest BCUT2D eigenvalue weighted by Gasteiger charge is 1.85. The van der Waals surface area contributed by atoms with Crippen molar-refractivity contribution in [2.45, 2.75) is 13.3 Å². The first-order chi connectivity index (χ1) is 2.77. The molecule has 0 spiro atoms. The van der Waals surface area contributed by atoms with Crippen molar-refractivity contribution >= 4 is 0 Å². The molecule has 0 aliphatic heterocycles. The second-order valence-electron chi connectivity index (χ2n) is 1.47. The molecule has 33 valence electrons. The van der Waals surface area contributed by atoms with E-state index in [2.05, 4.69) is 6.92 Å². The number of nitriles is 1. The lowest BCUT2D eigenvalue weighted by atomic mass is 10.2. The smallest absolute Gasteiger partial charge is 0.0624 e. The Labute approximate surface area is 38.6 Å². The van der Waals surface area contributed by atoms with E-state index in [-0.39, 0.29) is 5.92 Å². The van der Waals surface area contributed by atoms with Crippen LogP contribution in [0.4, 0.5) is 0 Å². The molecule has 0 aliphatic rings. The van der Waals surface area contributed by atoms with Crippen molar-refractivity contribution in [3.63, 3.8) is 0 Å². The van der Waals surface area contributed by atoms with E-state index >= 15 is 0 Å². The van der Waals surface area contributed by atoms with Gasteiger partial charge in [0.25, 0.3) is 0 Å². The first kappa shape index (κ1) is 5.49.